The van der Waals surface area contributed by atoms with E-state index in [4.69, 9.17) is 23.2 Å². The SMILES string of the molecule is Clc1ccc(C(Cl)[n+]2ccccc2)cc1. The van der Waals surface area contributed by atoms with Crippen molar-refractivity contribution in [1.82, 2.24) is 0 Å². The molecule has 3 heteroatoms. The summed E-state index contributed by atoms with van der Waals surface area (Å²) in [5.41, 5.74) is 0.834. The first-order valence-corrected chi connectivity index (χ1v) is 5.44. The van der Waals surface area contributed by atoms with Crippen molar-refractivity contribution in [3.8, 4) is 0 Å². The zero-order valence-corrected chi connectivity index (χ0v) is 9.49. The Hall–Kier alpha value is -1.05. The molecule has 0 spiro atoms. The Morgan fingerprint density at radius 2 is 1.53 bits per heavy atom. The molecule has 1 aromatic heterocycles. The quantitative estimate of drug-likeness (QED) is 0.558. The first-order chi connectivity index (χ1) is 7.27. The van der Waals surface area contributed by atoms with E-state index in [9.17, 15) is 0 Å². The molecule has 0 aliphatic carbocycles. The highest BCUT2D eigenvalue weighted by Crippen LogP contribution is 2.18. The zero-order chi connectivity index (χ0) is 10.7. The molecule has 1 unspecified atom stereocenters. The maximum Gasteiger partial charge on any atom is 0.258 e. The summed E-state index contributed by atoms with van der Waals surface area (Å²) in [5.74, 6) is 0. The monoisotopic (exact) mass is 238 g/mol. The van der Waals surface area contributed by atoms with Crippen molar-refractivity contribution in [2.45, 2.75) is 5.50 Å². The Labute approximate surface area is 98.9 Å². The van der Waals surface area contributed by atoms with Gasteiger partial charge < -0.3 is 0 Å². The number of hydrogen-bond donors (Lipinski definition) is 0. The smallest absolute Gasteiger partial charge is 0.184 e. The van der Waals surface area contributed by atoms with E-state index in [1.54, 1.807) is 0 Å². The Balaban J connectivity index is 2.29. The zero-order valence-electron chi connectivity index (χ0n) is 7.98. The van der Waals surface area contributed by atoms with E-state index in [2.05, 4.69) is 0 Å². The van der Waals surface area contributed by atoms with Gasteiger partial charge in [0.15, 0.2) is 12.4 Å². The van der Waals surface area contributed by atoms with Gasteiger partial charge in [0.2, 0.25) is 0 Å². The van der Waals surface area contributed by atoms with E-state index in [1.807, 2.05) is 59.4 Å². The first kappa shape index (κ1) is 10.5. The van der Waals surface area contributed by atoms with Gasteiger partial charge in [-0.25, -0.2) is 0 Å². The third-order valence-electron chi connectivity index (χ3n) is 2.15. The number of alkyl halides is 1. The molecule has 0 saturated heterocycles. The molecule has 2 rings (SSSR count). The lowest BCUT2D eigenvalue weighted by atomic mass is 10.2. The average Bonchev–Trinajstić information content (AvgIpc) is 2.30. The van der Waals surface area contributed by atoms with Crippen LogP contribution >= 0.6 is 23.2 Å². The summed E-state index contributed by atoms with van der Waals surface area (Å²) in [7, 11) is 0. The number of nitrogens with zero attached hydrogens (tertiary/aromatic N) is 1. The average molecular weight is 239 g/mol. The Bertz CT molecular complexity index is 425. The molecule has 1 heterocycles. The molecular weight excluding hydrogens is 229 g/mol. The minimum Gasteiger partial charge on any atom is -0.184 e. The summed E-state index contributed by atoms with van der Waals surface area (Å²) < 4.78 is 1.94. The van der Waals surface area contributed by atoms with E-state index in [1.165, 1.54) is 0 Å². The fourth-order valence-electron chi connectivity index (χ4n) is 1.36. The number of pyridine rings is 1. The molecule has 76 valence electrons. The highest BCUT2D eigenvalue weighted by Gasteiger charge is 2.15. The maximum atomic E-state index is 6.30. The molecule has 0 saturated carbocycles. The van der Waals surface area contributed by atoms with Crippen LogP contribution in [0.4, 0.5) is 0 Å². The second-order valence-corrected chi connectivity index (χ2v) is 4.06. The Kier molecular flexibility index (Phi) is 3.24. The van der Waals surface area contributed by atoms with E-state index < -0.39 is 0 Å². The predicted octanol–water partition coefficient (Wildman–Crippen LogP) is 3.41. The number of halogens is 2. The minimum atomic E-state index is -0.191. The predicted molar refractivity (Wildman–Crippen MR) is 62.1 cm³/mol. The summed E-state index contributed by atoms with van der Waals surface area (Å²) in [4.78, 5) is 0. The lowest BCUT2D eigenvalue weighted by molar-refractivity contribution is -0.694. The molecule has 0 bridgehead atoms. The van der Waals surface area contributed by atoms with Crippen molar-refractivity contribution < 1.29 is 4.57 Å². The third-order valence-corrected chi connectivity index (χ3v) is 2.87. The highest BCUT2D eigenvalue weighted by atomic mass is 35.5. The lowest BCUT2D eigenvalue weighted by Gasteiger charge is -2.04. The van der Waals surface area contributed by atoms with Crippen LogP contribution in [0.1, 0.15) is 11.1 Å². The number of benzene rings is 1. The number of aromatic nitrogens is 1. The van der Waals surface area contributed by atoms with Crippen molar-refractivity contribution >= 4 is 23.2 Å². The summed E-state index contributed by atoms with van der Waals surface area (Å²) in [6.07, 6.45) is 3.87. The maximum absolute atomic E-state index is 6.30. The Morgan fingerprint density at radius 3 is 2.13 bits per heavy atom. The van der Waals surface area contributed by atoms with Crippen molar-refractivity contribution in [3.63, 3.8) is 0 Å². The summed E-state index contributed by atoms with van der Waals surface area (Å²) in [5, 5.41) is 0.723. The first-order valence-electron chi connectivity index (χ1n) is 4.63. The van der Waals surface area contributed by atoms with E-state index in [0.29, 0.717) is 0 Å². The molecular formula is C12H10Cl2N+. The molecule has 0 amide bonds. The van der Waals surface area contributed by atoms with Crippen molar-refractivity contribution in [1.29, 1.82) is 0 Å². The van der Waals surface area contributed by atoms with E-state index >= 15 is 0 Å². The van der Waals surface area contributed by atoms with Crippen LogP contribution in [0.2, 0.25) is 5.02 Å². The van der Waals surface area contributed by atoms with Gasteiger partial charge in [0, 0.05) is 22.7 Å². The van der Waals surface area contributed by atoms with Gasteiger partial charge in [-0.1, -0.05) is 17.7 Å². The van der Waals surface area contributed by atoms with Crippen LogP contribution in [0, 0.1) is 0 Å². The van der Waals surface area contributed by atoms with Crippen LogP contribution in [-0.4, -0.2) is 0 Å². The van der Waals surface area contributed by atoms with Gasteiger partial charge in [-0.3, -0.25) is 0 Å². The molecule has 1 atom stereocenters. The van der Waals surface area contributed by atoms with Gasteiger partial charge >= 0.3 is 0 Å². The van der Waals surface area contributed by atoms with Crippen LogP contribution in [0.3, 0.4) is 0 Å². The van der Waals surface area contributed by atoms with Gasteiger partial charge in [-0.15, -0.1) is 0 Å². The molecule has 2 aromatic rings. The topological polar surface area (TPSA) is 3.88 Å². The molecule has 0 radical (unpaired) electrons. The molecule has 0 aliphatic rings. The molecule has 0 aliphatic heterocycles. The number of hydrogen-bond acceptors (Lipinski definition) is 0. The summed E-state index contributed by atoms with van der Waals surface area (Å²) in [6, 6.07) is 13.4. The Morgan fingerprint density at radius 1 is 0.933 bits per heavy atom. The summed E-state index contributed by atoms with van der Waals surface area (Å²) in [6.45, 7) is 0. The fraction of sp³-hybridized carbons (Fsp3) is 0.0833. The molecule has 1 nitrogen and oxygen atoms in total. The second kappa shape index (κ2) is 4.65. The molecule has 0 N–H and O–H groups in total. The largest absolute Gasteiger partial charge is 0.258 e. The lowest BCUT2D eigenvalue weighted by Crippen LogP contribution is -2.35. The van der Waals surface area contributed by atoms with Crippen molar-refractivity contribution in [2.75, 3.05) is 0 Å². The van der Waals surface area contributed by atoms with Gasteiger partial charge in [-0.2, -0.15) is 4.57 Å². The van der Waals surface area contributed by atoms with E-state index in [0.717, 1.165) is 10.6 Å². The number of rotatable bonds is 2. The van der Waals surface area contributed by atoms with Crippen LogP contribution in [-0.2, 0) is 0 Å². The third kappa shape index (κ3) is 2.49. The van der Waals surface area contributed by atoms with Gasteiger partial charge in [0.1, 0.15) is 0 Å². The van der Waals surface area contributed by atoms with E-state index in [-0.39, 0.29) is 5.50 Å². The van der Waals surface area contributed by atoms with Crippen LogP contribution in [0.5, 0.6) is 0 Å². The normalized spacial score (nSPS) is 12.4. The fourth-order valence-corrected chi connectivity index (χ4v) is 1.76. The standard InChI is InChI=1S/C12H10Cl2N/c13-11-6-4-10(5-7-11)12(14)15-8-2-1-3-9-15/h1-9,12H/q+1. The van der Waals surface area contributed by atoms with Gasteiger partial charge in [0.25, 0.3) is 5.50 Å². The molecule has 1 aromatic carbocycles. The molecule has 0 fully saturated rings. The molecule has 15 heavy (non-hydrogen) atoms. The minimum absolute atomic E-state index is 0.191. The van der Waals surface area contributed by atoms with Crippen LogP contribution in [0.15, 0.2) is 54.9 Å². The second-order valence-electron chi connectivity index (χ2n) is 3.21. The van der Waals surface area contributed by atoms with Crippen molar-refractivity contribution in [2.24, 2.45) is 0 Å². The van der Waals surface area contributed by atoms with Gasteiger partial charge in [-0.05, 0) is 35.9 Å². The van der Waals surface area contributed by atoms with Crippen LogP contribution < -0.4 is 4.57 Å². The van der Waals surface area contributed by atoms with Crippen molar-refractivity contribution in [3.05, 3.63) is 65.4 Å². The summed E-state index contributed by atoms with van der Waals surface area (Å²) >= 11 is 12.1. The highest BCUT2D eigenvalue weighted by molar-refractivity contribution is 6.30. The van der Waals surface area contributed by atoms with Crippen LogP contribution in [0.25, 0.3) is 0 Å². The van der Waals surface area contributed by atoms with Gasteiger partial charge in [0.05, 0.1) is 0 Å².